The lowest BCUT2D eigenvalue weighted by molar-refractivity contribution is 0.592. The van der Waals surface area contributed by atoms with E-state index in [1.165, 1.54) is 43.2 Å². The van der Waals surface area contributed by atoms with Crippen LogP contribution in [-0.4, -0.2) is 21.1 Å². The molecule has 2 aromatic heterocycles. The Morgan fingerprint density at radius 1 is 1.30 bits per heavy atom. The number of nitrogens with zero attached hydrogens (tertiary/aromatic N) is 3. The van der Waals surface area contributed by atoms with Gasteiger partial charge in [0.05, 0.1) is 24.0 Å². The summed E-state index contributed by atoms with van der Waals surface area (Å²) in [6.07, 6.45) is 16.4. The predicted octanol–water partition coefficient (Wildman–Crippen LogP) is 3.27. The third kappa shape index (κ3) is 2.61. The first-order chi connectivity index (χ1) is 9.90. The maximum Gasteiger partial charge on any atom is 0.0896 e. The van der Waals surface area contributed by atoms with Crippen LogP contribution in [0, 0.1) is 0 Å². The molecule has 0 bridgehead atoms. The van der Waals surface area contributed by atoms with Gasteiger partial charge in [-0.25, -0.2) is 4.52 Å². The quantitative estimate of drug-likeness (QED) is 0.867. The van der Waals surface area contributed by atoms with Crippen LogP contribution in [0.15, 0.2) is 36.4 Å². The molecule has 3 rings (SSSR count). The van der Waals surface area contributed by atoms with Gasteiger partial charge in [-0.1, -0.05) is 25.0 Å². The number of hydrogen-bond donors (Lipinski definition) is 1. The van der Waals surface area contributed by atoms with Crippen molar-refractivity contribution in [3.8, 4) is 0 Å². The molecule has 0 spiro atoms. The van der Waals surface area contributed by atoms with Crippen molar-refractivity contribution in [1.29, 1.82) is 0 Å². The van der Waals surface area contributed by atoms with Crippen molar-refractivity contribution in [3.63, 3.8) is 0 Å². The van der Waals surface area contributed by atoms with E-state index in [-0.39, 0.29) is 6.04 Å². The van der Waals surface area contributed by atoms with Gasteiger partial charge >= 0.3 is 0 Å². The summed E-state index contributed by atoms with van der Waals surface area (Å²) in [5.41, 5.74) is 3.86. The molecule has 0 saturated carbocycles. The van der Waals surface area contributed by atoms with Gasteiger partial charge in [0, 0.05) is 18.0 Å². The third-order valence-corrected chi connectivity index (χ3v) is 4.02. The van der Waals surface area contributed by atoms with E-state index < -0.39 is 0 Å². The van der Waals surface area contributed by atoms with Crippen molar-refractivity contribution in [2.75, 3.05) is 6.54 Å². The molecule has 0 aliphatic heterocycles. The molecule has 1 atom stereocenters. The summed E-state index contributed by atoms with van der Waals surface area (Å²) in [6, 6.07) is 0.278. The molecule has 0 saturated heterocycles. The highest BCUT2D eigenvalue weighted by Gasteiger charge is 2.20. The standard InChI is InChI=1S/C16H22N4/c1-2-18-16(13-7-5-3-4-6-8-13)14-11-19-20-10-9-17-12-15(14)20/h7,9-12,16,18H,2-6,8H2,1H3. The molecular formula is C16H22N4. The normalized spacial score (nSPS) is 17.8. The van der Waals surface area contributed by atoms with E-state index in [0.29, 0.717) is 0 Å². The van der Waals surface area contributed by atoms with Crippen LogP contribution in [0.25, 0.3) is 5.52 Å². The van der Waals surface area contributed by atoms with E-state index >= 15 is 0 Å². The maximum atomic E-state index is 4.45. The highest BCUT2D eigenvalue weighted by atomic mass is 15.2. The SMILES string of the molecule is CCNC(C1=CCCCCC1)c1cnn2ccncc12. The van der Waals surface area contributed by atoms with Crippen LogP contribution >= 0.6 is 0 Å². The van der Waals surface area contributed by atoms with Crippen molar-refractivity contribution in [1.82, 2.24) is 19.9 Å². The average molecular weight is 270 g/mol. The van der Waals surface area contributed by atoms with Crippen molar-refractivity contribution in [2.24, 2.45) is 0 Å². The Labute approximate surface area is 119 Å². The first-order valence-electron chi connectivity index (χ1n) is 7.59. The number of hydrogen-bond acceptors (Lipinski definition) is 3. The van der Waals surface area contributed by atoms with Gasteiger partial charge in [0.1, 0.15) is 0 Å². The molecular weight excluding hydrogens is 248 g/mol. The summed E-state index contributed by atoms with van der Waals surface area (Å²) in [4.78, 5) is 4.24. The Hall–Kier alpha value is -1.68. The number of fused-ring (bicyclic) bond motifs is 1. The van der Waals surface area contributed by atoms with Crippen molar-refractivity contribution in [3.05, 3.63) is 42.0 Å². The number of rotatable bonds is 4. The fraction of sp³-hybridized carbons (Fsp3) is 0.500. The van der Waals surface area contributed by atoms with E-state index in [2.05, 4.69) is 28.4 Å². The van der Waals surface area contributed by atoms with Crippen LogP contribution in [0.3, 0.4) is 0 Å². The molecule has 2 aromatic rings. The minimum absolute atomic E-state index is 0.278. The summed E-state index contributed by atoms with van der Waals surface area (Å²) in [7, 11) is 0. The Bertz CT molecular complexity index is 599. The summed E-state index contributed by atoms with van der Waals surface area (Å²) in [5, 5.41) is 8.07. The van der Waals surface area contributed by atoms with E-state index in [9.17, 15) is 0 Å². The fourth-order valence-corrected chi connectivity index (χ4v) is 3.02. The molecule has 1 aliphatic carbocycles. The first kappa shape index (κ1) is 13.3. The zero-order valence-electron chi connectivity index (χ0n) is 12.0. The van der Waals surface area contributed by atoms with Gasteiger partial charge in [-0.3, -0.25) is 4.98 Å². The molecule has 2 heterocycles. The monoisotopic (exact) mass is 270 g/mol. The topological polar surface area (TPSA) is 42.2 Å². The van der Waals surface area contributed by atoms with Gasteiger partial charge < -0.3 is 5.32 Å². The number of likely N-dealkylation sites (N-methyl/N-ethyl adjacent to an activating group) is 1. The Morgan fingerprint density at radius 2 is 2.25 bits per heavy atom. The fourth-order valence-electron chi connectivity index (χ4n) is 3.02. The van der Waals surface area contributed by atoms with Gasteiger partial charge in [0.25, 0.3) is 0 Å². The Balaban J connectivity index is 1.99. The molecule has 106 valence electrons. The first-order valence-corrected chi connectivity index (χ1v) is 7.59. The van der Waals surface area contributed by atoms with Gasteiger partial charge in [-0.15, -0.1) is 0 Å². The molecule has 1 unspecified atom stereocenters. The molecule has 1 N–H and O–H groups in total. The molecule has 0 aromatic carbocycles. The van der Waals surface area contributed by atoms with Gasteiger partial charge in [-0.05, 0) is 32.2 Å². The third-order valence-electron chi connectivity index (χ3n) is 4.02. The number of aromatic nitrogens is 3. The second-order valence-electron chi connectivity index (χ2n) is 5.38. The lowest BCUT2D eigenvalue weighted by Gasteiger charge is -2.20. The maximum absolute atomic E-state index is 4.45. The van der Waals surface area contributed by atoms with Crippen molar-refractivity contribution < 1.29 is 0 Å². The van der Waals surface area contributed by atoms with Gasteiger partial charge in [0.2, 0.25) is 0 Å². The van der Waals surface area contributed by atoms with Crippen LogP contribution in [0.1, 0.15) is 50.6 Å². The average Bonchev–Trinajstić information content (AvgIpc) is 2.71. The van der Waals surface area contributed by atoms with Crippen molar-refractivity contribution >= 4 is 5.52 Å². The van der Waals surface area contributed by atoms with E-state index in [1.807, 2.05) is 23.1 Å². The van der Waals surface area contributed by atoms with E-state index in [4.69, 9.17) is 0 Å². The molecule has 4 heteroatoms. The summed E-state index contributed by atoms with van der Waals surface area (Å²) in [5.74, 6) is 0. The predicted molar refractivity (Wildman–Crippen MR) is 80.6 cm³/mol. The summed E-state index contributed by atoms with van der Waals surface area (Å²) in [6.45, 7) is 3.12. The zero-order valence-corrected chi connectivity index (χ0v) is 12.0. The molecule has 1 aliphatic rings. The smallest absolute Gasteiger partial charge is 0.0896 e. The van der Waals surface area contributed by atoms with Crippen LogP contribution in [0.5, 0.6) is 0 Å². The number of nitrogens with one attached hydrogen (secondary N) is 1. The second-order valence-corrected chi connectivity index (χ2v) is 5.38. The van der Waals surface area contributed by atoms with Crippen LogP contribution in [0.4, 0.5) is 0 Å². The highest BCUT2D eigenvalue weighted by molar-refractivity contribution is 5.55. The summed E-state index contributed by atoms with van der Waals surface area (Å²) < 4.78 is 1.91. The zero-order chi connectivity index (χ0) is 13.8. The van der Waals surface area contributed by atoms with Gasteiger partial charge in [-0.2, -0.15) is 5.10 Å². The van der Waals surface area contributed by atoms with Gasteiger partial charge in [0.15, 0.2) is 0 Å². The Morgan fingerprint density at radius 3 is 3.15 bits per heavy atom. The molecule has 4 nitrogen and oxygen atoms in total. The molecule has 0 radical (unpaired) electrons. The lowest BCUT2D eigenvalue weighted by Crippen LogP contribution is -2.22. The molecule has 0 fully saturated rings. The number of allylic oxidation sites excluding steroid dienone is 1. The van der Waals surface area contributed by atoms with Crippen LogP contribution in [-0.2, 0) is 0 Å². The minimum Gasteiger partial charge on any atom is -0.307 e. The molecule has 20 heavy (non-hydrogen) atoms. The van der Waals surface area contributed by atoms with Crippen LogP contribution in [0.2, 0.25) is 0 Å². The Kier molecular flexibility index (Phi) is 4.11. The molecule has 0 amide bonds. The lowest BCUT2D eigenvalue weighted by atomic mass is 9.96. The van der Waals surface area contributed by atoms with Crippen LogP contribution < -0.4 is 5.32 Å². The van der Waals surface area contributed by atoms with E-state index in [1.54, 1.807) is 6.20 Å². The second kappa shape index (κ2) is 6.18. The van der Waals surface area contributed by atoms with E-state index in [0.717, 1.165) is 12.1 Å². The largest absolute Gasteiger partial charge is 0.307 e. The minimum atomic E-state index is 0.278. The highest BCUT2D eigenvalue weighted by Crippen LogP contribution is 2.31. The summed E-state index contributed by atoms with van der Waals surface area (Å²) >= 11 is 0. The van der Waals surface area contributed by atoms with Crippen molar-refractivity contribution in [2.45, 2.75) is 45.1 Å².